The maximum atomic E-state index is 8.59. The summed E-state index contributed by atoms with van der Waals surface area (Å²) in [5.41, 5.74) is 0. The molecular weight excluding hydrogens is 234 g/mol. The molecule has 0 aromatic carbocycles. The zero-order chi connectivity index (χ0) is 12.0. The monoisotopic (exact) mass is 247 g/mol. The van der Waals surface area contributed by atoms with Crippen molar-refractivity contribution in [1.29, 1.82) is 0 Å². The lowest BCUT2D eigenvalue weighted by atomic mass is 10.5. The zero-order valence-corrected chi connectivity index (χ0v) is 9.94. The van der Waals surface area contributed by atoms with Crippen LogP contribution in [-0.4, -0.2) is 39.4 Å². The summed E-state index contributed by atoms with van der Waals surface area (Å²) in [5.74, 6) is 0. The van der Waals surface area contributed by atoms with Crippen LogP contribution in [-0.2, 0) is 0 Å². The van der Waals surface area contributed by atoms with Crippen molar-refractivity contribution in [3.63, 3.8) is 0 Å². The summed E-state index contributed by atoms with van der Waals surface area (Å²) < 4.78 is 10.4. The number of hydrogen-bond acceptors (Lipinski definition) is 6. The van der Waals surface area contributed by atoms with E-state index in [9.17, 15) is 0 Å². The van der Waals surface area contributed by atoms with E-state index in [1.54, 1.807) is 0 Å². The van der Waals surface area contributed by atoms with Crippen LogP contribution in [0, 0.1) is 0 Å². The summed E-state index contributed by atoms with van der Waals surface area (Å²) in [6.45, 7) is 4.07. The summed E-state index contributed by atoms with van der Waals surface area (Å²) in [6, 6.07) is 0.234. The van der Waals surface area contributed by atoms with Gasteiger partial charge < -0.3 is 14.6 Å². The molecule has 0 fully saturated rings. The predicted molar refractivity (Wildman–Crippen MR) is 57.8 cm³/mol. The van der Waals surface area contributed by atoms with Gasteiger partial charge >= 0.3 is 12.0 Å². The second kappa shape index (κ2) is 6.44. The molecule has 90 valence electrons. The second-order valence-electron chi connectivity index (χ2n) is 3.26. The van der Waals surface area contributed by atoms with E-state index in [-0.39, 0.29) is 30.0 Å². The normalized spacial score (nSPS) is 10.6. The Hall–Kier alpha value is -1.14. The number of hydrogen-bond donors (Lipinski definition) is 1. The zero-order valence-electron chi connectivity index (χ0n) is 9.18. The highest BCUT2D eigenvalue weighted by atomic mass is 35.5. The number of aromatic nitrogens is 3. The van der Waals surface area contributed by atoms with Crippen LogP contribution in [0.2, 0.25) is 5.28 Å². The number of ether oxygens (including phenoxy) is 2. The Morgan fingerprint density at radius 3 is 2.56 bits per heavy atom. The average molecular weight is 248 g/mol. The predicted octanol–water partition coefficient (Wildman–Crippen LogP) is 1.07. The van der Waals surface area contributed by atoms with Crippen molar-refractivity contribution in [2.24, 2.45) is 0 Å². The third-order valence-corrected chi connectivity index (χ3v) is 1.61. The van der Waals surface area contributed by atoms with Crippen LogP contribution < -0.4 is 9.47 Å². The Morgan fingerprint density at radius 2 is 1.94 bits per heavy atom. The summed E-state index contributed by atoms with van der Waals surface area (Å²) >= 11 is 5.67. The molecular formula is C9H14ClN3O3. The number of halogens is 1. The lowest BCUT2D eigenvalue weighted by Crippen LogP contribution is -2.11. The van der Waals surface area contributed by atoms with Crippen LogP contribution in [0.4, 0.5) is 0 Å². The van der Waals surface area contributed by atoms with Gasteiger partial charge in [0.15, 0.2) is 0 Å². The standard InChI is InChI=1S/C9H14ClN3O3/c1-6(2)16-9-12-7(10)11-8(13-9)15-5-3-4-14/h6,14H,3-5H2,1-2H3. The quantitative estimate of drug-likeness (QED) is 0.758. The molecule has 16 heavy (non-hydrogen) atoms. The first kappa shape index (κ1) is 12.9. The highest BCUT2D eigenvalue weighted by Crippen LogP contribution is 2.14. The molecule has 6 nitrogen and oxygen atoms in total. The van der Waals surface area contributed by atoms with Gasteiger partial charge in [-0.05, 0) is 25.4 Å². The van der Waals surface area contributed by atoms with Crippen LogP contribution in [0.5, 0.6) is 12.0 Å². The van der Waals surface area contributed by atoms with Crippen molar-refractivity contribution in [3.05, 3.63) is 5.28 Å². The average Bonchev–Trinajstić information content (AvgIpc) is 2.16. The SMILES string of the molecule is CC(C)Oc1nc(Cl)nc(OCCCO)n1. The first-order valence-electron chi connectivity index (χ1n) is 4.93. The summed E-state index contributed by atoms with van der Waals surface area (Å²) in [5, 5.41) is 8.61. The topological polar surface area (TPSA) is 77.4 Å². The van der Waals surface area contributed by atoms with Gasteiger partial charge in [0.25, 0.3) is 0 Å². The Morgan fingerprint density at radius 1 is 1.25 bits per heavy atom. The Kier molecular flexibility index (Phi) is 5.21. The Bertz CT molecular complexity index is 336. The molecule has 1 rings (SSSR count). The summed E-state index contributed by atoms with van der Waals surface area (Å²) in [4.78, 5) is 11.5. The number of aliphatic hydroxyl groups is 1. The Balaban J connectivity index is 2.65. The van der Waals surface area contributed by atoms with Crippen LogP contribution in [0.25, 0.3) is 0 Å². The second-order valence-corrected chi connectivity index (χ2v) is 3.60. The largest absolute Gasteiger partial charge is 0.463 e. The fraction of sp³-hybridized carbons (Fsp3) is 0.667. The molecule has 0 aliphatic heterocycles. The number of rotatable bonds is 6. The first-order chi connectivity index (χ1) is 7.61. The third-order valence-electron chi connectivity index (χ3n) is 1.44. The van der Waals surface area contributed by atoms with Crippen LogP contribution in [0.3, 0.4) is 0 Å². The molecule has 0 saturated heterocycles. The lowest BCUT2D eigenvalue weighted by Gasteiger charge is -2.08. The molecule has 0 atom stereocenters. The van der Waals surface area contributed by atoms with Gasteiger partial charge in [-0.1, -0.05) is 0 Å². The molecule has 0 saturated carbocycles. The van der Waals surface area contributed by atoms with Crippen molar-refractivity contribution < 1.29 is 14.6 Å². The van der Waals surface area contributed by atoms with Gasteiger partial charge in [0.05, 0.1) is 12.7 Å². The molecule has 1 aromatic heterocycles. The van der Waals surface area contributed by atoms with E-state index in [0.717, 1.165) is 0 Å². The van der Waals surface area contributed by atoms with Crippen molar-refractivity contribution >= 4 is 11.6 Å². The fourth-order valence-corrected chi connectivity index (χ4v) is 1.02. The van der Waals surface area contributed by atoms with E-state index in [1.807, 2.05) is 13.8 Å². The Labute approximate surface area is 98.6 Å². The van der Waals surface area contributed by atoms with Gasteiger partial charge in [0, 0.05) is 13.0 Å². The molecule has 1 heterocycles. The summed E-state index contributed by atoms with van der Waals surface area (Å²) in [6.07, 6.45) is 0.452. The van der Waals surface area contributed by atoms with Gasteiger partial charge in [0.1, 0.15) is 0 Å². The summed E-state index contributed by atoms with van der Waals surface area (Å²) in [7, 11) is 0. The van der Waals surface area contributed by atoms with Gasteiger partial charge in [-0.2, -0.15) is 9.97 Å². The van der Waals surface area contributed by atoms with Crippen molar-refractivity contribution in [2.45, 2.75) is 26.4 Å². The maximum Gasteiger partial charge on any atom is 0.324 e. The van der Waals surface area contributed by atoms with Crippen LogP contribution >= 0.6 is 11.6 Å². The van der Waals surface area contributed by atoms with E-state index >= 15 is 0 Å². The van der Waals surface area contributed by atoms with E-state index < -0.39 is 0 Å². The van der Waals surface area contributed by atoms with Crippen LogP contribution in [0.15, 0.2) is 0 Å². The highest BCUT2D eigenvalue weighted by Gasteiger charge is 2.08. The van der Waals surface area contributed by atoms with Crippen molar-refractivity contribution in [2.75, 3.05) is 13.2 Å². The maximum absolute atomic E-state index is 8.59. The molecule has 0 unspecified atom stereocenters. The number of aliphatic hydroxyl groups excluding tert-OH is 1. The van der Waals surface area contributed by atoms with Gasteiger partial charge in [-0.3, -0.25) is 0 Å². The van der Waals surface area contributed by atoms with Crippen LogP contribution in [0.1, 0.15) is 20.3 Å². The molecule has 0 amide bonds. The number of nitrogens with zero attached hydrogens (tertiary/aromatic N) is 3. The lowest BCUT2D eigenvalue weighted by molar-refractivity contribution is 0.203. The molecule has 0 aliphatic rings. The molecule has 7 heteroatoms. The van der Waals surface area contributed by atoms with E-state index in [4.69, 9.17) is 26.2 Å². The first-order valence-corrected chi connectivity index (χ1v) is 5.31. The molecule has 0 spiro atoms. The van der Waals surface area contributed by atoms with Crippen molar-refractivity contribution in [1.82, 2.24) is 15.0 Å². The minimum absolute atomic E-state index is 0.0182. The van der Waals surface area contributed by atoms with E-state index in [1.165, 1.54) is 0 Å². The third kappa shape index (κ3) is 4.59. The van der Waals surface area contributed by atoms with Crippen molar-refractivity contribution in [3.8, 4) is 12.0 Å². The minimum Gasteiger partial charge on any atom is -0.463 e. The minimum atomic E-state index is -0.0521. The van der Waals surface area contributed by atoms with Gasteiger partial charge in [-0.15, -0.1) is 4.98 Å². The fourth-order valence-electron chi connectivity index (χ4n) is 0.871. The molecule has 0 bridgehead atoms. The molecule has 0 aliphatic carbocycles. The molecule has 1 aromatic rings. The van der Waals surface area contributed by atoms with Gasteiger partial charge in [0.2, 0.25) is 5.28 Å². The molecule has 1 N–H and O–H groups in total. The van der Waals surface area contributed by atoms with E-state index in [2.05, 4.69) is 15.0 Å². The highest BCUT2D eigenvalue weighted by molar-refractivity contribution is 6.28. The smallest absolute Gasteiger partial charge is 0.324 e. The van der Waals surface area contributed by atoms with Gasteiger partial charge in [-0.25, -0.2) is 0 Å². The molecule has 0 radical (unpaired) electrons. The van der Waals surface area contributed by atoms with E-state index in [0.29, 0.717) is 13.0 Å².